The number of hydrogen-bond acceptors (Lipinski definition) is 4. The highest BCUT2D eigenvalue weighted by Gasteiger charge is 2.35. The monoisotopic (exact) mass is 367 g/mol. The Balaban J connectivity index is 1.64. The molecule has 0 unspecified atom stereocenters. The predicted molar refractivity (Wildman–Crippen MR) is 104 cm³/mol. The van der Waals surface area contributed by atoms with E-state index >= 15 is 0 Å². The van der Waals surface area contributed by atoms with E-state index in [1.165, 1.54) is 29.8 Å². The molecule has 0 saturated heterocycles. The van der Waals surface area contributed by atoms with Crippen LogP contribution in [-0.2, 0) is 14.3 Å². The minimum Gasteiger partial charge on any atom is -0.493 e. The summed E-state index contributed by atoms with van der Waals surface area (Å²) in [6.45, 7) is 0. The van der Waals surface area contributed by atoms with E-state index in [4.69, 9.17) is 4.74 Å². The molecular formula is C19H13NO3S2. The molecule has 0 spiro atoms. The third-order valence-corrected chi connectivity index (χ3v) is 6.02. The molecule has 1 aliphatic carbocycles. The summed E-state index contributed by atoms with van der Waals surface area (Å²) >= 11 is 1.52. The highest BCUT2D eigenvalue weighted by atomic mass is 32.2. The number of Topliss-reactive ketones (excluding diaryl/α,β-unsaturated/α-hetero) is 1. The summed E-state index contributed by atoms with van der Waals surface area (Å²) in [5, 5.41) is 1.98. The summed E-state index contributed by atoms with van der Waals surface area (Å²) < 4.78 is 5.96. The molecule has 6 heteroatoms. The largest absolute Gasteiger partial charge is 0.493 e. The number of benzene rings is 1. The Bertz CT molecular complexity index is 977. The molecule has 0 saturated carbocycles. The van der Waals surface area contributed by atoms with Crippen LogP contribution in [0.5, 0.6) is 0 Å². The van der Waals surface area contributed by atoms with Gasteiger partial charge in [0.25, 0.3) is 5.91 Å². The molecule has 0 radical (unpaired) electrons. The van der Waals surface area contributed by atoms with Gasteiger partial charge in [-0.3, -0.25) is 14.5 Å². The fourth-order valence-corrected chi connectivity index (χ4v) is 4.84. The number of ether oxygens (including phenoxy) is 1. The summed E-state index contributed by atoms with van der Waals surface area (Å²) in [7, 11) is 2.85. The average Bonchev–Trinajstić information content (AvgIpc) is 3.18. The van der Waals surface area contributed by atoms with E-state index in [2.05, 4.69) is 0 Å². The van der Waals surface area contributed by atoms with Gasteiger partial charge in [0.1, 0.15) is 4.32 Å². The van der Waals surface area contributed by atoms with Crippen LogP contribution in [-0.4, -0.2) is 32.9 Å². The molecule has 2 heterocycles. The number of allylic oxidation sites excluding steroid dienone is 4. The van der Waals surface area contributed by atoms with Crippen molar-refractivity contribution in [3.63, 3.8) is 0 Å². The molecule has 4 rings (SSSR count). The van der Waals surface area contributed by atoms with Crippen LogP contribution in [0.15, 0.2) is 71.4 Å². The Morgan fingerprint density at radius 1 is 1.16 bits per heavy atom. The van der Waals surface area contributed by atoms with Crippen LogP contribution in [0.3, 0.4) is 0 Å². The summed E-state index contributed by atoms with van der Waals surface area (Å²) in [5.74, 6) is -0.0473. The lowest BCUT2D eigenvalue weighted by Gasteiger charge is -2.16. The molecule has 0 bridgehead atoms. The third-order valence-electron chi connectivity index (χ3n) is 3.89. The Labute approximate surface area is 152 Å². The summed E-state index contributed by atoms with van der Waals surface area (Å²) in [6.07, 6.45) is 6.70. The van der Waals surface area contributed by atoms with Gasteiger partial charge < -0.3 is 4.74 Å². The molecule has 1 aromatic rings. The van der Waals surface area contributed by atoms with E-state index in [0.29, 0.717) is 10.4 Å². The number of ketones is 1. The molecule has 4 nitrogen and oxygen atoms in total. The van der Waals surface area contributed by atoms with Crippen molar-refractivity contribution in [3.8, 4) is 0 Å². The Kier molecular flexibility index (Phi) is 4.07. The highest BCUT2D eigenvalue weighted by Crippen LogP contribution is 2.37. The standard InChI is InChI=1S/C19H13NO3S2/c1-23-15-9-5-8-13(17(15)21)10-16-18(22)20-14(11-24-19(20)25-16)12-6-3-2-4-7-12/h2-11H,1H3/b13-10-. The molecule has 0 aromatic heterocycles. The number of hydrogen-bond donors (Lipinski definition) is 0. The van der Waals surface area contributed by atoms with Gasteiger partial charge in [-0.05, 0) is 17.7 Å². The van der Waals surface area contributed by atoms with Gasteiger partial charge in [-0.15, -0.1) is 10.9 Å². The van der Waals surface area contributed by atoms with Gasteiger partial charge in [0.15, 0.2) is 5.76 Å². The SMILES string of the molecule is COC1=CC=C/C(=C/C2=S=C3SC=C(c4ccccc4)N3C2=O)C1=O. The van der Waals surface area contributed by atoms with E-state index in [9.17, 15) is 9.59 Å². The van der Waals surface area contributed by atoms with Crippen molar-refractivity contribution in [2.45, 2.75) is 0 Å². The molecule has 25 heavy (non-hydrogen) atoms. The van der Waals surface area contributed by atoms with Gasteiger partial charge in [-0.25, -0.2) is 0 Å². The summed E-state index contributed by atoms with van der Waals surface area (Å²) in [4.78, 5) is 27.4. The van der Waals surface area contributed by atoms with E-state index in [1.807, 2.05) is 35.7 Å². The molecule has 0 fully saturated rings. The van der Waals surface area contributed by atoms with Crippen molar-refractivity contribution in [1.82, 2.24) is 4.90 Å². The fourth-order valence-electron chi connectivity index (χ4n) is 2.67. The first-order valence-corrected chi connectivity index (χ1v) is 9.26. The normalized spacial score (nSPS) is 20.7. The number of methoxy groups -OCH3 is 1. The van der Waals surface area contributed by atoms with Crippen LogP contribution < -0.4 is 0 Å². The molecule has 0 atom stereocenters. The van der Waals surface area contributed by atoms with Crippen molar-refractivity contribution in [2.24, 2.45) is 0 Å². The van der Waals surface area contributed by atoms with Crippen LogP contribution in [0.4, 0.5) is 0 Å². The van der Waals surface area contributed by atoms with Crippen molar-refractivity contribution in [3.05, 3.63) is 76.9 Å². The van der Waals surface area contributed by atoms with Crippen molar-refractivity contribution >= 4 is 49.3 Å². The van der Waals surface area contributed by atoms with E-state index < -0.39 is 0 Å². The van der Waals surface area contributed by atoms with Crippen LogP contribution in [0, 0.1) is 0 Å². The van der Waals surface area contributed by atoms with E-state index in [0.717, 1.165) is 15.6 Å². The second kappa shape index (κ2) is 6.38. The molecular weight excluding hydrogens is 354 g/mol. The fraction of sp³-hybridized carbons (Fsp3) is 0.0526. The third kappa shape index (κ3) is 2.73. The molecule has 124 valence electrons. The lowest BCUT2D eigenvalue weighted by Crippen LogP contribution is -2.30. The van der Waals surface area contributed by atoms with E-state index in [1.54, 1.807) is 29.2 Å². The smallest absolute Gasteiger partial charge is 0.274 e. The Morgan fingerprint density at radius 2 is 1.96 bits per heavy atom. The van der Waals surface area contributed by atoms with Crippen LogP contribution in [0.25, 0.3) is 5.70 Å². The second-order valence-electron chi connectivity index (χ2n) is 5.38. The first-order chi connectivity index (χ1) is 12.2. The molecule has 1 amide bonds. The zero-order chi connectivity index (χ0) is 17.4. The summed E-state index contributed by atoms with van der Waals surface area (Å²) in [6, 6.07) is 9.80. The van der Waals surface area contributed by atoms with Crippen LogP contribution >= 0.6 is 22.7 Å². The minimum absolute atomic E-state index is 0.109. The molecule has 2 aliphatic heterocycles. The number of nitrogens with zero attached hydrogens (tertiary/aromatic N) is 1. The lowest BCUT2D eigenvalue weighted by atomic mass is 10.0. The maximum Gasteiger partial charge on any atom is 0.274 e. The van der Waals surface area contributed by atoms with Crippen LogP contribution in [0.2, 0.25) is 0 Å². The first-order valence-electron chi connectivity index (χ1n) is 7.56. The number of thioether (sulfide) groups is 1. The van der Waals surface area contributed by atoms with Gasteiger partial charge in [0.05, 0.1) is 17.7 Å². The molecule has 0 N–H and O–H groups in total. The van der Waals surface area contributed by atoms with Gasteiger partial charge >= 0.3 is 0 Å². The van der Waals surface area contributed by atoms with Gasteiger partial charge in [0, 0.05) is 11.0 Å². The maximum absolute atomic E-state index is 12.9. The van der Waals surface area contributed by atoms with Crippen LogP contribution in [0.1, 0.15) is 5.56 Å². The quantitative estimate of drug-likeness (QED) is 0.608. The lowest BCUT2D eigenvalue weighted by molar-refractivity contribution is -0.117. The number of carbonyl (C=O) groups excluding carboxylic acids is 2. The highest BCUT2D eigenvalue weighted by molar-refractivity contribution is 8.29. The van der Waals surface area contributed by atoms with Crippen molar-refractivity contribution in [1.29, 1.82) is 0 Å². The van der Waals surface area contributed by atoms with Gasteiger partial charge in [-0.2, -0.15) is 0 Å². The zero-order valence-corrected chi connectivity index (χ0v) is 14.9. The first kappa shape index (κ1) is 15.9. The number of carbonyl (C=O) groups is 2. The molecule has 1 aromatic carbocycles. The second-order valence-corrected chi connectivity index (χ2v) is 7.53. The number of rotatable bonds is 3. The number of amides is 1. The Morgan fingerprint density at radius 3 is 2.72 bits per heavy atom. The topological polar surface area (TPSA) is 46.6 Å². The average molecular weight is 367 g/mol. The van der Waals surface area contributed by atoms with E-state index in [-0.39, 0.29) is 17.4 Å². The van der Waals surface area contributed by atoms with Gasteiger partial charge in [-0.1, -0.05) is 54.2 Å². The Hall–Kier alpha value is -2.57. The van der Waals surface area contributed by atoms with Crippen molar-refractivity contribution < 1.29 is 14.3 Å². The van der Waals surface area contributed by atoms with Gasteiger partial charge in [0.2, 0.25) is 5.78 Å². The number of fused-ring (bicyclic) bond motifs is 1. The zero-order valence-electron chi connectivity index (χ0n) is 13.3. The maximum atomic E-state index is 12.9. The molecule has 3 aliphatic rings. The minimum atomic E-state index is -0.213. The summed E-state index contributed by atoms with van der Waals surface area (Å²) in [5.41, 5.74) is 2.31. The predicted octanol–water partition coefficient (Wildman–Crippen LogP) is 3.16. The van der Waals surface area contributed by atoms with Crippen molar-refractivity contribution in [2.75, 3.05) is 7.11 Å².